The second-order valence-electron chi connectivity index (χ2n) is 6.28. The van der Waals surface area contributed by atoms with Crippen LogP contribution in [0.3, 0.4) is 0 Å². The number of hydrazine groups is 1. The summed E-state index contributed by atoms with van der Waals surface area (Å²) in [6.07, 6.45) is 8.42. The highest BCUT2D eigenvalue weighted by Crippen LogP contribution is 2.34. The maximum absolute atomic E-state index is 13.1. The molecule has 0 spiro atoms. The van der Waals surface area contributed by atoms with Gasteiger partial charge in [-0.1, -0.05) is 50.3 Å². The third-order valence-electron chi connectivity index (χ3n) is 4.83. The van der Waals surface area contributed by atoms with Gasteiger partial charge in [0.1, 0.15) is 5.82 Å². The minimum absolute atomic E-state index is 0.218. The molecule has 1 aliphatic carbocycles. The lowest BCUT2D eigenvalue weighted by atomic mass is 9.76. The van der Waals surface area contributed by atoms with Crippen LogP contribution in [-0.2, 0) is 6.42 Å². The summed E-state index contributed by atoms with van der Waals surface area (Å²) < 4.78 is 13.1. The van der Waals surface area contributed by atoms with Crippen LogP contribution in [0.5, 0.6) is 0 Å². The van der Waals surface area contributed by atoms with Crippen molar-refractivity contribution in [1.29, 1.82) is 0 Å². The van der Waals surface area contributed by atoms with Gasteiger partial charge in [-0.2, -0.15) is 0 Å². The van der Waals surface area contributed by atoms with Gasteiger partial charge in [0.2, 0.25) is 0 Å². The molecule has 0 radical (unpaired) electrons. The third kappa shape index (κ3) is 4.67. The highest BCUT2D eigenvalue weighted by Gasteiger charge is 2.27. The van der Waals surface area contributed by atoms with E-state index in [4.69, 9.17) is 17.4 Å². The lowest BCUT2D eigenvalue weighted by Gasteiger charge is -2.33. The molecule has 4 heteroatoms. The number of nitrogens with two attached hydrogens (primary N) is 1. The Kier molecular flexibility index (Phi) is 6.46. The molecule has 1 aromatic carbocycles. The van der Waals surface area contributed by atoms with Crippen molar-refractivity contribution in [2.24, 2.45) is 17.7 Å². The monoisotopic (exact) mass is 312 g/mol. The van der Waals surface area contributed by atoms with Crippen molar-refractivity contribution in [2.45, 2.75) is 57.9 Å². The van der Waals surface area contributed by atoms with Crippen molar-refractivity contribution < 1.29 is 4.39 Å². The van der Waals surface area contributed by atoms with Gasteiger partial charge >= 0.3 is 0 Å². The Bertz CT molecular complexity index is 444. The normalized spacial score (nSPS) is 24.0. The van der Waals surface area contributed by atoms with Gasteiger partial charge in [0, 0.05) is 11.1 Å². The van der Waals surface area contributed by atoms with Gasteiger partial charge in [0.15, 0.2) is 0 Å². The smallest absolute Gasteiger partial charge is 0.124 e. The van der Waals surface area contributed by atoms with E-state index in [-0.39, 0.29) is 11.9 Å². The highest BCUT2D eigenvalue weighted by atomic mass is 35.5. The fourth-order valence-corrected chi connectivity index (χ4v) is 3.82. The molecule has 0 amide bonds. The molecule has 118 valence electrons. The van der Waals surface area contributed by atoms with Gasteiger partial charge in [-0.3, -0.25) is 11.3 Å². The molecular weight excluding hydrogens is 287 g/mol. The molecule has 0 heterocycles. The number of hydrogen-bond donors (Lipinski definition) is 2. The third-order valence-corrected chi connectivity index (χ3v) is 5.18. The summed E-state index contributed by atoms with van der Waals surface area (Å²) in [5.74, 6) is 6.94. The summed E-state index contributed by atoms with van der Waals surface area (Å²) in [7, 11) is 0. The van der Waals surface area contributed by atoms with Crippen LogP contribution < -0.4 is 11.3 Å². The van der Waals surface area contributed by atoms with Crippen LogP contribution >= 0.6 is 11.6 Å². The van der Waals surface area contributed by atoms with Gasteiger partial charge in [0.25, 0.3) is 0 Å². The largest absolute Gasteiger partial charge is 0.271 e. The Morgan fingerprint density at radius 1 is 1.33 bits per heavy atom. The topological polar surface area (TPSA) is 38.0 Å². The van der Waals surface area contributed by atoms with Crippen LogP contribution in [0.2, 0.25) is 5.02 Å². The van der Waals surface area contributed by atoms with E-state index in [0.717, 1.165) is 17.9 Å². The van der Waals surface area contributed by atoms with E-state index in [2.05, 4.69) is 12.3 Å². The molecule has 0 bridgehead atoms. The zero-order valence-electron chi connectivity index (χ0n) is 12.7. The van der Waals surface area contributed by atoms with Crippen molar-refractivity contribution >= 4 is 11.6 Å². The molecule has 3 N–H and O–H groups in total. The molecule has 0 aromatic heterocycles. The fraction of sp³-hybridized carbons (Fsp3) is 0.647. The summed E-state index contributed by atoms with van der Waals surface area (Å²) in [4.78, 5) is 0. The second-order valence-corrected chi connectivity index (χ2v) is 6.69. The van der Waals surface area contributed by atoms with Crippen LogP contribution in [0, 0.1) is 17.7 Å². The van der Waals surface area contributed by atoms with Crippen LogP contribution in [0.15, 0.2) is 18.2 Å². The number of halogens is 2. The Morgan fingerprint density at radius 2 is 2.05 bits per heavy atom. The van der Waals surface area contributed by atoms with E-state index in [9.17, 15) is 4.39 Å². The van der Waals surface area contributed by atoms with E-state index >= 15 is 0 Å². The average Bonchev–Trinajstić information content (AvgIpc) is 2.48. The minimum Gasteiger partial charge on any atom is -0.271 e. The first-order valence-corrected chi connectivity index (χ1v) is 8.41. The van der Waals surface area contributed by atoms with Gasteiger partial charge in [-0.25, -0.2) is 4.39 Å². The summed E-state index contributed by atoms with van der Waals surface area (Å²) in [5, 5.41) is 0.495. The molecule has 2 rings (SSSR count). The first kappa shape index (κ1) is 16.7. The van der Waals surface area contributed by atoms with Gasteiger partial charge < -0.3 is 0 Å². The van der Waals surface area contributed by atoms with Crippen molar-refractivity contribution in [2.75, 3.05) is 0 Å². The average molecular weight is 313 g/mol. The van der Waals surface area contributed by atoms with E-state index in [0.29, 0.717) is 10.9 Å². The zero-order valence-corrected chi connectivity index (χ0v) is 13.5. The summed E-state index contributed by atoms with van der Waals surface area (Å²) in [5.41, 5.74) is 3.93. The Hall–Kier alpha value is -0.640. The number of hydrogen-bond acceptors (Lipinski definition) is 2. The molecule has 1 atom stereocenters. The summed E-state index contributed by atoms with van der Waals surface area (Å²) in [6.45, 7) is 2.26. The molecule has 21 heavy (non-hydrogen) atoms. The molecule has 1 saturated carbocycles. The summed E-state index contributed by atoms with van der Waals surface area (Å²) >= 11 is 6.13. The number of nitrogens with one attached hydrogen (secondary N) is 1. The Balaban J connectivity index is 1.94. The summed E-state index contributed by atoms with van der Waals surface area (Å²) in [6, 6.07) is 4.83. The van der Waals surface area contributed by atoms with Crippen molar-refractivity contribution in [3.05, 3.63) is 34.6 Å². The zero-order chi connectivity index (χ0) is 15.2. The molecule has 2 nitrogen and oxygen atoms in total. The second kappa shape index (κ2) is 8.11. The predicted octanol–water partition coefficient (Wildman–Crippen LogP) is 4.46. The molecule has 1 fully saturated rings. The lowest BCUT2D eigenvalue weighted by molar-refractivity contribution is 0.213. The first-order chi connectivity index (χ1) is 10.1. The van der Waals surface area contributed by atoms with Crippen molar-refractivity contribution in [3.63, 3.8) is 0 Å². The quantitative estimate of drug-likeness (QED) is 0.601. The molecule has 0 saturated heterocycles. The van der Waals surface area contributed by atoms with Gasteiger partial charge in [-0.15, -0.1) is 0 Å². The molecule has 1 aliphatic rings. The molecule has 0 aliphatic heterocycles. The highest BCUT2D eigenvalue weighted by molar-refractivity contribution is 6.31. The molecular formula is C17H26ClFN2. The lowest BCUT2D eigenvalue weighted by Crippen LogP contribution is -2.43. The standard InChI is InChI=1S/C17H26ClFN2/c1-2-3-12-4-6-13(7-5-12)17(21-20)10-14-8-9-15(19)11-16(14)18/h8-9,11-13,17,21H,2-7,10,20H2,1H3. The number of benzene rings is 1. The van der Waals surface area contributed by atoms with Crippen molar-refractivity contribution in [3.8, 4) is 0 Å². The van der Waals surface area contributed by atoms with Crippen molar-refractivity contribution in [1.82, 2.24) is 5.43 Å². The van der Waals surface area contributed by atoms with Gasteiger partial charge in [0.05, 0.1) is 0 Å². The maximum atomic E-state index is 13.1. The van der Waals surface area contributed by atoms with Gasteiger partial charge in [-0.05, 0) is 48.8 Å². The van der Waals surface area contributed by atoms with Crippen LogP contribution in [-0.4, -0.2) is 6.04 Å². The maximum Gasteiger partial charge on any atom is 0.124 e. The fourth-order valence-electron chi connectivity index (χ4n) is 3.57. The first-order valence-electron chi connectivity index (χ1n) is 8.04. The van der Waals surface area contributed by atoms with Crippen LogP contribution in [0.4, 0.5) is 4.39 Å². The Morgan fingerprint density at radius 3 is 2.62 bits per heavy atom. The minimum atomic E-state index is -0.291. The van der Waals surface area contributed by atoms with E-state index in [1.165, 1.54) is 50.7 Å². The Labute approximate surface area is 132 Å². The predicted molar refractivity (Wildman–Crippen MR) is 86.6 cm³/mol. The van der Waals surface area contributed by atoms with E-state index < -0.39 is 0 Å². The van der Waals surface area contributed by atoms with E-state index in [1.54, 1.807) is 6.07 Å². The number of rotatable bonds is 6. The van der Waals surface area contributed by atoms with Crippen LogP contribution in [0.1, 0.15) is 51.0 Å². The SMILES string of the molecule is CCCC1CCC(C(Cc2ccc(F)cc2Cl)NN)CC1. The van der Waals surface area contributed by atoms with E-state index in [1.807, 2.05) is 0 Å². The van der Waals surface area contributed by atoms with Crippen LogP contribution in [0.25, 0.3) is 0 Å². The molecule has 1 unspecified atom stereocenters. The molecule has 1 aromatic rings.